The van der Waals surface area contributed by atoms with Crippen LogP contribution in [0, 0.1) is 5.92 Å². The van der Waals surface area contributed by atoms with Crippen molar-refractivity contribution in [3.05, 3.63) is 29.3 Å². The number of benzene rings is 1. The van der Waals surface area contributed by atoms with Crippen LogP contribution in [0.2, 0.25) is 0 Å². The van der Waals surface area contributed by atoms with Crippen molar-refractivity contribution in [2.45, 2.75) is 69.7 Å². The van der Waals surface area contributed by atoms with Crippen molar-refractivity contribution in [3.63, 3.8) is 0 Å². The van der Waals surface area contributed by atoms with Crippen LogP contribution in [0.5, 0.6) is 5.75 Å². The van der Waals surface area contributed by atoms with Gasteiger partial charge in [0.15, 0.2) is 0 Å². The zero-order chi connectivity index (χ0) is 14.9. The standard InChI is InChI=1S/C20H29NO/c22-20-9-3-8-16-17-12-14-21(19(17)11-10-18(16)20)13-4-7-15-5-1-2-6-15/h3,8-9,15,17,19,22H,1-2,4-7,10-14H2/t17-,19+/m0/s1. The number of phenols is 1. The third-order valence-electron chi connectivity index (χ3n) is 6.47. The lowest BCUT2D eigenvalue weighted by atomic mass is 9.79. The number of hydrogen-bond donors (Lipinski definition) is 1. The van der Waals surface area contributed by atoms with E-state index < -0.39 is 0 Å². The number of nitrogens with zero attached hydrogens (tertiary/aromatic N) is 1. The molecule has 0 unspecified atom stereocenters. The molecule has 2 aliphatic carbocycles. The number of likely N-dealkylation sites (tertiary alicyclic amines) is 1. The van der Waals surface area contributed by atoms with Gasteiger partial charge < -0.3 is 5.11 Å². The number of phenolic OH excluding ortho intramolecular Hbond substituents is 1. The predicted molar refractivity (Wildman–Crippen MR) is 90.3 cm³/mol. The van der Waals surface area contributed by atoms with E-state index in [9.17, 15) is 5.11 Å². The molecule has 1 N–H and O–H groups in total. The topological polar surface area (TPSA) is 23.5 Å². The van der Waals surface area contributed by atoms with E-state index >= 15 is 0 Å². The molecule has 2 heteroatoms. The Labute approximate surface area is 134 Å². The molecule has 0 spiro atoms. The highest BCUT2D eigenvalue weighted by Gasteiger charge is 2.38. The van der Waals surface area contributed by atoms with Gasteiger partial charge in [-0.3, -0.25) is 4.90 Å². The van der Waals surface area contributed by atoms with Gasteiger partial charge in [-0.25, -0.2) is 0 Å². The Morgan fingerprint density at radius 3 is 2.82 bits per heavy atom. The molecule has 4 rings (SSSR count). The SMILES string of the molecule is Oc1cccc2c1CC[C@@H]1[C@H]2CCN1CCCC1CCCC1. The van der Waals surface area contributed by atoms with Gasteiger partial charge in [0, 0.05) is 12.0 Å². The van der Waals surface area contributed by atoms with Crippen LogP contribution < -0.4 is 0 Å². The number of rotatable bonds is 4. The maximum Gasteiger partial charge on any atom is 0.119 e. The van der Waals surface area contributed by atoms with Crippen LogP contribution >= 0.6 is 0 Å². The molecular weight excluding hydrogens is 270 g/mol. The van der Waals surface area contributed by atoms with E-state index in [2.05, 4.69) is 11.0 Å². The summed E-state index contributed by atoms with van der Waals surface area (Å²) >= 11 is 0. The van der Waals surface area contributed by atoms with Crippen LogP contribution in [0.15, 0.2) is 18.2 Å². The molecule has 1 saturated heterocycles. The Morgan fingerprint density at radius 1 is 1.09 bits per heavy atom. The predicted octanol–water partition coefficient (Wildman–Crippen LogP) is 4.47. The molecule has 22 heavy (non-hydrogen) atoms. The molecule has 0 amide bonds. The largest absolute Gasteiger partial charge is 0.508 e. The summed E-state index contributed by atoms with van der Waals surface area (Å²) in [5, 5.41) is 10.1. The molecule has 0 radical (unpaired) electrons. The van der Waals surface area contributed by atoms with Crippen molar-refractivity contribution in [1.82, 2.24) is 4.90 Å². The second-order valence-electron chi connectivity index (χ2n) is 7.67. The van der Waals surface area contributed by atoms with E-state index in [0.717, 1.165) is 18.4 Å². The summed E-state index contributed by atoms with van der Waals surface area (Å²) in [6, 6.07) is 6.87. The molecule has 2 atom stereocenters. The molecule has 1 heterocycles. The van der Waals surface area contributed by atoms with Crippen molar-refractivity contribution in [2.24, 2.45) is 5.92 Å². The van der Waals surface area contributed by atoms with Crippen LogP contribution in [0.4, 0.5) is 0 Å². The lowest BCUT2D eigenvalue weighted by Gasteiger charge is -2.33. The summed E-state index contributed by atoms with van der Waals surface area (Å²) in [4.78, 5) is 2.76. The minimum atomic E-state index is 0.524. The van der Waals surface area contributed by atoms with Crippen LogP contribution in [0.1, 0.15) is 68.4 Å². The molecule has 0 bridgehead atoms. The van der Waals surface area contributed by atoms with Crippen LogP contribution in [0.3, 0.4) is 0 Å². The first kappa shape index (κ1) is 14.6. The molecule has 1 aromatic carbocycles. The van der Waals surface area contributed by atoms with Crippen molar-refractivity contribution >= 4 is 0 Å². The maximum atomic E-state index is 10.1. The quantitative estimate of drug-likeness (QED) is 0.887. The zero-order valence-corrected chi connectivity index (χ0v) is 13.6. The van der Waals surface area contributed by atoms with Gasteiger partial charge in [-0.2, -0.15) is 0 Å². The van der Waals surface area contributed by atoms with E-state index in [0.29, 0.717) is 11.7 Å². The normalized spacial score (nSPS) is 28.7. The van der Waals surface area contributed by atoms with Gasteiger partial charge in [-0.1, -0.05) is 37.8 Å². The fourth-order valence-electron chi connectivity index (χ4n) is 5.33. The monoisotopic (exact) mass is 299 g/mol. The zero-order valence-electron chi connectivity index (χ0n) is 13.6. The van der Waals surface area contributed by atoms with Gasteiger partial charge in [0.25, 0.3) is 0 Å². The lowest BCUT2D eigenvalue weighted by Crippen LogP contribution is -2.35. The Bertz CT molecular complexity index is 520. The molecule has 1 aliphatic heterocycles. The summed E-state index contributed by atoms with van der Waals surface area (Å²) in [6.07, 6.45) is 12.3. The van der Waals surface area contributed by atoms with Crippen molar-refractivity contribution in [1.29, 1.82) is 0 Å². The van der Waals surface area contributed by atoms with E-state index in [4.69, 9.17) is 0 Å². The summed E-state index contributed by atoms with van der Waals surface area (Å²) in [5.74, 6) is 2.22. The fraction of sp³-hybridized carbons (Fsp3) is 0.700. The first-order valence-corrected chi connectivity index (χ1v) is 9.38. The Morgan fingerprint density at radius 2 is 1.95 bits per heavy atom. The highest BCUT2D eigenvalue weighted by atomic mass is 16.3. The van der Waals surface area contributed by atoms with E-state index in [-0.39, 0.29) is 0 Å². The highest BCUT2D eigenvalue weighted by molar-refractivity contribution is 5.44. The van der Waals surface area contributed by atoms with Crippen molar-refractivity contribution in [2.75, 3.05) is 13.1 Å². The molecule has 1 saturated carbocycles. The molecule has 2 nitrogen and oxygen atoms in total. The minimum Gasteiger partial charge on any atom is -0.508 e. The average molecular weight is 299 g/mol. The minimum absolute atomic E-state index is 0.524. The second kappa shape index (κ2) is 6.23. The molecule has 0 aromatic heterocycles. The molecule has 1 aromatic rings. The Hall–Kier alpha value is -1.02. The summed E-state index contributed by atoms with van der Waals surface area (Å²) < 4.78 is 0. The van der Waals surface area contributed by atoms with Gasteiger partial charge in [-0.05, 0) is 68.3 Å². The summed E-state index contributed by atoms with van der Waals surface area (Å²) in [6.45, 7) is 2.56. The van der Waals surface area contributed by atoms with Gasteiger partial charge in [0.1, 0.15) is 5.75 Å². The van der Waals surface area contributed by atoms with Crippen molar-refractivity contribution in [3.8, 4) is 5.75 Å². The van der Waals surface area contributed by atoms with Crippen LogP contribution in [-0.2, 0) is 6.42 Å². The number of aromatic hydroxyl groups is 1. The lowest BCUT2D eigenvalue weighted by molar-refractivity contribution is 0.217. The average Bonchev–Trinajstić information content (AvgIpc) is 3.18. The van der Waals surface area contributed by atoms with Crippen LogP contribution in [0.25, 0.3) is 0 Å². The summed E-state index contributed by atoms with van der Waals surface area (Å²) in [5.41, 5.74) is 2.67. The molecular formula is C20H29NO. The van der Waals surface area contributed by atoms with Crippen LogP contribution in [-0.4, -0.2) is 29.1 Å². The van der Waals surface area contributed by atoms with Gasteiger partial charge in [0.05, 0.1) is 0 Å². The second-order valence-corrected chi connectivity index (χ2v) is 7.67. The third-order valence-corrected chi connectivity index (χ3v) is 6.47. The third kappa shape index (κ3) is 2.67. The van der Waals surface area contributed by atoms with E-state index in [1.54, 1.807) is 0 Å². The number of fused-ring (bicyclic) bond motifs is 3. The van der Waals surface area contributed by atoms with Crippen molar-refractivity contribution < 1.29 is 5.11 Å². The first-order chi connectivity index (χ1) is 10.8. The fourth-order valence-corrected chi connectivity index (χ4v) is 5.33. The van der Waals surface area contributed by atoms with Gasteiger partial charge in [-0.15, -0.1) is 0 Å². The van der Waals surface area contributed by atoms with Gasteiger partial charge in [0.2, 0.25) is 0 Å². The molecule has 120 valence electrons. The Balaban J connectivity index is 1.37. The van der Waals surface area contributed by atoms with E-state index in [1.807, 2.05) is 12.1 Å². The Kier molecular flexibility index (Phi) is 4.13. The molecule has 3 aliphatic rings. The summed E-state index contributed by atoms with van der Waals surface area (Å²) in [7, 11) is 0. The highest BCUT2D eigenvalue weighted by Crippen LogP contribution is 2.44. The van der Waals surface area contributed by atoms with Gasteiger partial charge >= 0.3 is 0 Å². The van der Waals surface area contributed by atoms with E-state index in [1.165, 1.54) is 75.6 Å². The maximum absolute atomic E-state index is 10.1. The number of hydrogen-bond acceptors (Lipinski definition) is 2. The first-order valence-electron chi connectivity index (χ1n) is 9.38. The molecule has 2 fully saturated rings. The smallest absolute Gasteiger partial charge is 0.119 e.